The van der Waals surface area contributed by atoms with E-state index in [9.17, 15) is 0 Å². The van der Waals surface area contributed by atoms with E-state index in [1.54, 1.807) is 11.8 Å². The second kappa shape index (κ2) is 5.56. The molecule has 0 bridgehead atoms. The zero-order valence-electron chi connectivity index (χ0n) is 9.71. The fourth-order valence-electron chi connectivity index (χ4n) is 1.66. The van der Waals surface area contributed by atoms with E-state index in [-0.39, 0.29) is 6.61 Å². The molecule has 1 heterocycles. The first-order valence-electron chi connectivity index (χ1n) is 5.44. The Labute approximate surface area is 99.7 Å². The molecule has 0 saturated carbocycles. The normalized spacial score (nSPS) is 10.7. The minimum Gasteiger partial charge on any atom is -0.396 e. The number of hydrogen-bond acceptors (Lipinski definition) is 4. The molecule has 1 aromatic heterocycles. The summed E-state index contributed by atoms with van der Waals surface area (Å²) in [7, 11) is 1.66. The summed E-state index contributed by atoms with van der Waals surface area (Å²) in [6, 6.07) is 7.86. The van der Waals surface area contributed by atoms with Gasteiger partial charge in [-0.05, 0) is 6.07 Å². The Kier molecular flexibility index (Phi) is 3.85. The lowest BCUT2D eigenvalue weighted by Gasteiger charge is -2.07. The highest BCUT2D eigenvalue weighted by Gasteiger charge is 2.06. The van der Waals surface area contributed by atoms with Crippen LogP contribution in [0, 0.1) is 0 Å². The summed E-state index contributed by atoms with van der Waals surface area (Å²) in [4.78, 5) is 0. The predicted octanol–water partition coefficient (Wildman–Crippen LogP) is 0.948. The number of aliphatic hydroxyl groups is 1. The molecule has 17 heavy (non-hydrogen) atoms. The molecule has 0 aliphatic rings. The van der Waals surface area contributed by atoms with E-state index in [1.165, 1.54) is 0 Å². The van der Waals surface area contributed by atoms with Gasteiger partial charge in [0.1, 0.15) is 0 Å². The van der Waals surface area contributed by atoms with Crippen LogP contribution in [-0.2, 0) is 17.8 Å². The number of hydrogen-bond donors (Lipinski definition) is 1. The van der Waals surface area contributed by atoms with E-state index in [2.05, 4.69) is 10.3 Å². The van der Waals surface area contributed by atoms with Crippen LogP contribution >= 0.6 is 0 Å². The van der Waals surface area contributed by atoms with Crippen LogP contribution in [0.5, 0.6) is 0 Å². The third-order valence-electron chi connectivity index (χ3n) is 2.45. The van der Waals surface area contributed by atoms with Crippen molar-refractivity contribution in [2.75, 3.05) is 13.7 Å². The van der Waals surface area contributed by atoms with Crippen LogP contribution in [0.15, 0.2) is 30.5 Å². The lowest BCUT2D eigenvalue weighted by Crippen LogP contribution is -2.01. The maximum atomic E-state index is 8.84. The second-order valence-corrected chi connectivity index (χ2v) is 3.69. The van der Waals surface area contributed by atoms with Crippen LogP contribution < -0.4 is 0 Å². The van der Waals surface area contributed by atoms with E-state index in [4.69, 9.17) is 9.84 Å². The van der Waals surface area contributed by atoms with Gasteiger partial charge in [0.15, 0.2) is 0 Å². The van der Waals surface area contributed by atoms with Gasteiger partial charge < -0.3 is 9.84 Å². The van der Waals surface area contributed by atoms with Crippen molar-refractivity contribution in [1.82, 2.24) is 15.0 Å². The summed E-state index contributed by atoms with van der Waals surface area (Å²) >= 11 is 0. The largest absolute Gasteiger partial charge is 0.396 e. The van der Waals surface area contributed by atoms with E-state index < -0.39 is 0 Å². The van der Waals surface area contributed by atoms with E-state index >= 15 is 0 Å². The number of aromatic nitrogens is 3. The lowest BCUT2D eigenvalue weighted by molar-refractivity contribution is 0.184. The predicted molar refractivity (Wildman–Crippen MR) is 62.9 cm³/mol. The van der Waals surface area contributed by atoms with Gasteiger partial charge in [-0.3, -0.25) is 0 Å². The molecule has 0 fully saturated rings. The van der Waals surface area contributed by atoms with Crippen molar-refractivity contribution in [2.45, 2.75) is 13.0 Å². The zero-order chi connectivity index (χ0) is 12.1. The second-order valence-electron chi connectivity index (χ2n) is 3.69. The monoisotopic (exact) mass is 233 g/mol. The van der Waals surface area contributed by atoms with Crippen molar-refractivity contribution in [3.8, 4) is 5.69 Å². The molecular weight excluding hydrogens is 218 g/mol. The minimum atomic E-state index is 0.0818. The van der Waals surface area contributed by atoms with E-state index in [0.717, 1.165) is 16.9 Å². The summed E-state index contributed by atoms with van der Waals surface area (Å²) in [5.41, 5.74) is 2.78. The fourth-order valence-corrected chi connectivity index (χ4v) is 1.66. The standard InChI is InChI=1S/C12H15N3O2/c1-17-9-10-4-2-3-5-12(10)15-8-11(6-7-16)13-14-15/h2-5,8,16H,6-7,9H2,1H3. The molecule has 0 unspecified atom stereocenters. The van der Waals surface area contributed by atoms with Crippen LogP contribution in [-0.4, -0.2) is 33.8 Å². The van der Waals surface area contributed by atoms with Gasteiger partial charge in [0.25, 0.3) is 0 Å². The highest BCUT2D eigenvalue weighted by molar-refractivity contribution is 5.39. The first kappa shape index (κ1) is 11.8. The Morgan fingerprint density at radius 1 is 1.35 bits per heavy atom. The molecule has 0 aliphatic carbocycles. The highest BCUT2D eigenvalue weighted by atomic mass is 16.5. The zero-order valence-corrected chi connectivity index (χ0v) is 9.71. The van der Waals surface area contributed by atoms with Gasteiger partial charge in [-0.25, -0.2) is 4.68 Å². The Balaban J connectivity index is 2.31. The van der Waals surface area contributed by atoms with Gasteiger partial charge in [0.05, 0.1) is 24.2 Å². The maximum absolute atomic E-state index is 8.84. The van der Waals surface area contributed by atoms with Crippen LogP contribution in [0.25, 0.3) is 5.69 Å². The third kappa shape index (κ3) is 2.69. The molecule has 0 aliphatic heterocycles. The van der Waals surface area contributed by atoms with Crippen LogP contribution in [0.4, 0.5) is 0 Å². The molecule has 0 saturated heterocycles. The van der Waals surface area contributed by atoms with Gasteiger partial charge in [0.2, 0.25) is 0 Å². The maximum Gasteiger partial charge on any atom is 0.0854 e. The number of methoxy groups -OCH3 is 1. The first-order chi connectivity index (χ1) is 8.35. The number of benzene rings is 1. The molecule has 0 amide bonds. The highest BCUT2D eigenvalue weighted by Crippen LogP contribution is 2.14. The molecule has 2 rings (SSSR count). The molecule has 5 heteroatoms. The SMILES string of the molecule is COCc1ccccc1-n1cc(CCO)nn1. The third-order valence-corrected chi connectivity index (χ3v) is 2.45. The number of aliphatic hydroxyl groups excluding tert-OH is 1. The van der Waals surface area contributed by atoms with Gasteiger partial charge in [-0.2, -0.15) is 0 Å². The van der Waals surface area contributed by atoms with Crippen LogP contribution in [0.2, 0.25) is 0 Å². The summed E-state index contributed by atoms with van der Waals surface area (Å²) in [6.45, 7) is 0.615. The van der Waals surface area contributed by atoms with Gasteiger partial charge in [0, 0.05) is 25.7 Å². The van der Waals surface area contributed by atoms with Crippen molar-refractivity contribution in [3.05, 3.63) is 41.7 Å². The van der Waals surface area contributed by atoms with Gasteiger partial charge in [-0.15, -0.1) is 5.10 Å². The van der Waals surface area contributed by atoms with Gasteiger partial charge in [-0.1, -0.05) is 23.4 Å². The molecular formula is C12H15N3O2. The number of para-hydroxylation sites is 1. The van der Waals surface area contributed by atoms with Gasteiger partial charge >= 0.3 is 0 Å². The topological polar surface area (TPSA) is 60.2 Å². The number of rotatable bonds is 5. The van der Waals surface area contributed by atoms with Crippen molar-refractivity contribution in [1.29, 1.82) is 0 Å². The van der Waals surface area contributed by atoms with Crippen LogP contribution in [0.3, 0.4) is 0 Å². The number of nitrogens with zero attached hydrogens (tertiary/aromatic N) is 3. The van der Waals surface area contributed by atoms with Crippen molar-refractivity contribution in [2.24, 2.45) is 0 Å². The average Bonchev–Trinajstić information content (AvgIpc) is 2.79. The fraction of sp³-hybridized carbons (Fsp3) is 0.333. The molecule has 0 radical (unpaired) electrons. The average molecular weight is 233 g/mol. The molecule has 2 aromatic rings. The first-order valence-corrected chi connectivity index (χ1v) is 5.44. The van der Waals surface area contributed by atoms with E-state index in [1.807, 2.05) is 30.5 Å². The van der Waals surface area contributed by atoms with Crippen molar-refractivity contribution < 1.29 is 9.84 Å². The smallest absolute Gasteiger partial charge is 0.0854 e. The van der Waals surface area contributed by atoms with Crippen molar-refractivity contribution in [3.63, 3.8) is 0 Å². The Bertz CT molecular complexity index is 482. The summed E-state index contributed by atoms with van der Waals surface area (Å²) in [5.74, 6) is 0. The van der Waals surface area contributed by atoms with E-state index in [0.29, 0.717) is 13.0 Å². The van der Waals surface area contributed by atoms with Crippen molar-refractivity contribution >= 4 is 0 Å². The molecule has 1 aromatic carbocycles. The van der Waals surface area contributed by atoms with Crippen LogP contribution in [0.1, 0.15) is 11.3 Å². The summed E-state index contributed by atoms with van der Waals surface area (Å²) < 4.78 is 6.85. The number of ether oxygens (including phenoxy) is 1. The lowest BCUT2D eigenvalue weighted by atomic mass is 10.2. The Morgan fingerprint density at radius 3 is 2.94 bits per heavy atom. The minimum absolute atomic E-state index is 0.0818. The summed E-state index contributed by atoms with van der Waals surface area (Å²) in [5, 5.41) is 16.9. The molecule has 5 nitrogen and oxygen atoms in total. The Hall–Kier alpha value is -1.72. The summed E-state index contributed by atoms with van der Waals surface area (Å²) in [6.07, 6.45) is 2.34. The molecule has 0 spiro atoms. The quantitative estimate of drug-likeness (QED) is 0.835. The molecule has 0 atom stereocenters. The molecule has 90 valence electrons. The molecule has 1 N–H and O–H groups in total. The Morgan fingerprint density at radius 2 is 2.18 bits per heavy atom.